The zero-order valence-corrected chi connectivity index (χ0v) is 10.5. The zero-order chi connectivity index (χ0) is 12.5. The maximum Gasteiger partial charge on any atom is 0.257 e. The Bertz CT molecular complexity index is 518. The van der Waals surface area contributed by atoms with Gasteiger partial charge in [0.1, 0.15) is 0 Å². The first kappa shape index (κ1) is 11.3. The molecule has 18 heavy (non-hydrogen) atoms. The number of carbonyl (C=O) groups is 1. The van der Waals surface area contributed by atoms with Gasteiger partial charge in [-0.2, -0.15) is 0 Å². The highest BCUT2D eigenvalue weighted by atomic mass is 16.1. The largest absolute Gasteiger partial charge is 0.354 e. The molecule has 0 spiro atoms. The molecule has 1 saturated carbocycles. The molecule has 0 saturated heterocycles. The van der Waals surface area contributed by atoms with Crippen LogP contribution in [0.3, 0.4) is 0 Å². The fourth-order valence-corrected chi connectivity index (χ4v) is 2.28. The Kier molecular flexibility index (Phi) is 2.78. The number of benzene rings is 1. The Balaban J connectivity index is 1.78. The molecule has 0 radical (unpaired) electrons. The highest BCUT2D eigenvalue weighted by molar-refractivity contribution is 6.06. The molecule has 2 N–H and O–H groups in total. The third kappa shape index (κ3) is 2.23. The molecule has 1 amide bonds. The average molecular weight is 243 g/mol. The molecule has 0 bridgehead atoms. The van der Waals surface area contributed by atoms with Crippen LogP contribution in [0.1, 0.15) is 40.2 Å². The van der Waals surface area contributed by atoms with Gasteiger partial charge in [0.25, 0.3) is 5.91 Å². The second kappa shape index (κ2) is 4.44. The topological polar surface area (TPSA) is 53.5 Å². The van der Waals surface area contributed by atoms with Crippen LogP contribution in [0.2, 0.25) is 0 Å². The second-order valence-electron chi connectivity index (χ2n) is 4.96. The Morgan fingerprint density at radius 1 is 1.44 bits per heavy atom. The number of hydrogen-bond acceptors (Lipinski definition) is 3. The number of aliphatic imine (C=N–C) groups is 1. The summed E-state index contributed by atoms with van der Waals surface area (Å²) < 4.78 is 0. The maximum atomic E-state index is 12.1. The summed E-state index contributed by atoms with van der Waals surface area (Å²) in [4.78, 5) is 16.2. The van der Waals surface area contributed by atoms with Crippen LogP contribution in [0, 0.1) is 6.92 Å². The standard InChI is InChI=1S/C14H17N3O/c1-9-2-3-11(8-12(9)10-4-5-10)13(18)17-14-15-6-7-16-14/h2-3,8,10H,4-7H2,1H3,(H2,15,16,17,18). The zero-order valence-electron chi connectivity index (χ0n) is 10.5. The minimum Gasteiger partial charge on any atom is -0.354 e. The van der Waals surface area contributed by atoms with E-state index in [9.17, 15) is 4.79 Å². The monoisotopic (exact) mass is 243 g/mol. The normalized spacial score (nSPS) is 18.2. The van der Waals surface area contributed by atoms with Crippen LogP contribution in [0.5, 0.6) is 0 Å². The van der Waals surface area contributed by atoms with Gasteiger partial charge in [-0.3, -0.25) is 15.1 Å². The third-order valence-corrected chi connectivity index (χ3v) is 3.46. The molecule has 1 aliphatic carbocycles. The Morgan fingerprint density at radius 2 is 2.28 bits per heavy atom. The first-order valence-corrected chi connectivity index (χ1v) is 6.44. The lowest BCUT2D eigenvalue weighted by Crippen LogP contribution is -2.38. The molecule has 1 heterocycles. The smallest absolute Gasteiger partial charge is 0.257 e. The lowest BCUT2D eigenvalue weighted by atomic mass is 10.0. The molecule has 1 aromatic rings. The van der Waals surface area contributed by atoms with E-state index >= 15 is 0 Å². The lowest BCUT2D eigenvalue weighted by molar-refractivity contribution is 0.0976. The summed E-state index contributed by atoms with van der Waals surface area (Å²) in [5.74, 6) is 1.18. The number of nitrogens with one attached hydrogen (secondary N) is 2. The van der Waals surface area contributed by atoms with Crippen molar-refractivity contribution in [3.05, 3.63) is 34.9 Å². The van der Waals surface area contributed by atoms with E-state index in [1.807, 2.05) is 18.2 Å². The number of aryl methyl sites for hydroxylation is 1. The van der Waals surface area contributed by atoms with E-state index in [4.69, 9.17) is 0 Å². The Hall–Kier alpha value is -1.84. The SMILES string of the molecule is Cc1ccc(C(=O)NC2=NCCN2)cc1C1CC1. The summed E-state index contributed by atoms with van der Waals surface area (Å²) in [5, 5.41) is 5.84. The van der Waals surface area contributed by atoms with E-state index in [0.29, 0.717) is 11.9 Å². The predicted molar refractivity (Wildman–Crippen MR) is 70.9 cm³/mol. The first-order valence-electron chi connectivity index (χ1n) is 6.44. The van der Waals surface area contributed by atoms with Gasteiger partial charge in [-0.15, -0.1) is 0 Å². The molecule has 3 rings (SSSR count). The van der Waals surface area contributed by atoms with E-state index in [1.54, 1.807) is 0 Å². The Morgan fingerprint density at radius 3 is 2.94 bits per heavy atom. The summed E-state index contributed by atoms with van der Waals surface area (Å²) >= 11 is 0. The minimum absolute atomic E-state index is 0.0787. The third-order valence-electron chi connectivity index (χ3n) is 3.46. The molecule has 2 aliphatic rings. The summed E-state index contributed by atoms with van der Waals surface area (Å²) in [6.07, 6.45) is 2.50. The van der Waals surface area contributed by atoms with Gasteiger partial charge in [0.2, 0.25) is 0 Å². The predicted octanol–water partition coefficient (Wildman–Crippen LogP) is 1.56. The fourth-order valence-electron chi connectivity index (χ4n) is 2.28. The van der Waals surface area contributed by atoms with Crippen molar-refractivity contribution >= 4 is 11.9 Å². The van der Waals surface area contributed by atoms with Crippen LogP contribution in [0.15, 0.2) is 23.2 Å². The molecular formula is C14H17N3O. The minimum atomic E-state index is -0.0787. The molecule has 0 atom stereocenters. The second-order valence-corrected chi connectivity index (χ2v) is 4.96. The van der Waals surface area contributed by atoms with Crippen molar-refractivity contribution in [1.29, 1.82) is 0 Å². The van der Waals surface area contributed by atoms with Gasteiger partial charge < -0.3 is 5.32 Å². The van der Waals surface area contributed by atoms with E-state index in [-0.39, 0.29) is 5.91 Å². The van der Waals surface area contributed by atoms with Crippen molar-refractivity contribution in [2.24, 2.45) is 4.99 Å². The summed E-state index contributed by atoms with van der Waals surface area (Å²) in [5.41, 5.74) is 3.33. The quantitative estimate of drug-likeness (QED) is 0.828. The van der Waals surface area contributed by atoms with Gasteiger partial charge >= 0.3 is 0 Å². The Labute approximate surface area is 106 Å². The van der Waals surface area contributed by atoms with Crippen molar-refractivity contribution < 1.29 is 4.79 Å². The number of rotatable bonds is 2. The van der Waals surface area contributed by atoms with Crippen LogP contribution in [0.4, 0.5) is 0 Å². The molecule has 4 nitrogen and oxygen atoms in total. The number of hydrogen-bond donors (Lipinski definition) is 2. The molecule has 1 aromatic carbocycles. The van der Waals surface area contributed by atoms with Gasteiger partial charge in [-0.05, 0) is 48.9 Å². The first-order chi connectivity index (χ1) is 8.74. The molecule has 1 fully saturated rings. The molecule has 94 valence electrons. The fraction of sp³-hybridized carbons (Fsp3) is 0.429. The van der Waals surface area contributed by atoms with Crippen LogP contribution < -0.4 is 10.6 Å². The molecule has 0 unspecified atom stereocenters. The van der Waals surface area contributed by atoms with Gasteiger partial charge in [-0.1, -0.05) is 6.07 Å². The van der Waals surface area contributed by atoms with Gasteiger partial charge in [0, 0.05) is 12.1 Å². The van der Waals surface area contributed by atoms with Gasteiger partial charge in [0.15, 0.2) is 5.96 Å². The highest BCUT2D eigenvalue weighted by Crippen LogP contribution is 2.41. The molecule has 4 heteroatoms. The van der Waals surface area contributed by atoms with Crippen molar-refractivity contribution in [3.8, 4) is 0 Å². The van der Waals surface area contributed by atoms with Gasteiger partial charge in [-0.25, -0.2) is 0 Å². The maximum absolute atomic E-state index is 12.1. The number of guanidine groups is 1. The average Bonchev–Trinajstić information content (AvgIpc) is 3.08. The van der Waals surface area contributed by atoms with Crippen LogP contribution in [-0.2, 0) is 0 Å². The number of nitrogens with zero attached hydrogens (tertiary/aromatic N) is 1. The van der Waals surface area contributed by atoms with Gasteiger partial charge in [0.05, 0.1) is 6.54 Å². The van der Waals surface area contributed by atoms with Crippen molar-refractivity contribution in [2.75, 3.05) is 13.1 Å². The molecule has 0 aromatic heterocycles. The van der Waals surface area contributed by atoms with Crippen LogP contribution in [-0.4, -0.2) is 25.0 Å². The van der Waals surface area contributed by atoms with Crippen LogP contribution in [0.25, 0.3) is 0 Å². The number of carbonyl (C=O) groups excluding carboxylic acids is 1. The summed E-state index contributed by atoms with van der Waals surface area (Å²) in [7, 11) is 0. The summed E-state index contributed by atoms with van der Waals surface area (Å²) in [6.45, 7) is 3.64. The van der Waals surface area contributed by atoms with E-state index < -0.39 is 0 Å². The number of amides is 1. The van der Waals surface area contributed by atoms with E-state index in [1.165, 1.54) is 24.0 Å². The van der Waals surface area contributed by atoms with Crippen molar-refractivity contribution in [2.45, 2.75) is 25.7 Å². The molecule has 1 aliphatic heterocycles. The van der Waals surface area contributed by atoms with E-state index in [2.05, 4.69) is 22.5 Å². The van der Waals surface area contributed by atoms with E-state index in [0.717, 1.165) is 18.7 Å². The van der Waals surface area contributed by atoms with Crippen molar-refractivity contribution in [3.63, 3.8) is 0 Å². The summed E-state index contributed by atoms with van der Waals surface area (Å²) in [6, 6.07) is 5.94. The van der Waals surface area contributed by atoms with Crippen LogP contribution >= 0.6 is 0 Å². The highest BCUT2D eigenvalue weighted by Gasteiger charge is 2.25. The lowest BCUT2D eigenvalue weighted by Gasteiger charge is -2.09. The molecular weight excluding hydrogens is 226 g/mol. The van der Waals surface area contributed by atoms with Crippen molar-refractivity contribution in [1.82, 2.24) is 10.6 Å².